The van der Waals surface area contributed by atoms with Gasteiger partial charge < -0.3 is 9.80 Å². The van der Waals surface area contributed by atoms with Gasteiger partial charge in [-0.3, -0.25) is 0 Å². The molecule has 0 bridgehead atoms. The summed E-state index contributed by atoms with van der Waals surface area (Å²) >= 11 is 0. The van der Waals surface area contributed by atoms with Gasteiger partial charge in [-0.05, 0) is 185 Å². The molecule has 0 aromatic heterocycles. The first-order chi connectivity index (χ1) is 44.6. The van der Waals surface area contributed by atoms with E-state index in [0.717, 1.165) is 45.3 Å². The summed E-state index contributed by atoms with van der Waals surface area (Å²) in [4.78, 5) is 4.80. The molecule has 14 aromatic carbocycles. The van der Waals surface area contributed by atoms with E-state index in [0.29, 0.717) is 0 Å². The van der Waals surface area contributed by atoms with Crippen LogP contribution < -0.4 is 9.80 Å². The Bertz CT molecular complexity index is 4480. The van der Waals surface area contributed by atoms with Crippen molar-refractivity contribution >= 4 is 46.3 Å². The maximum atomic E-state index is 2.46. The molecule has 2 aliphatic carbocycles. The van der Waals surface area contributed by atoms with Crippen molar-refractivity contribution in [2.75, 3.05) is 9.80 Å². The molecule has 90 heavy (non-hydrogen) atoms. The van der Waals surface area contributed by atoms with E-state index in [4.69, 9.17) is 0 Å². The number of hydrogen-bond donors (Lipinski definition) is 0. The Morgan fingerprint density at radius 1 is 0.189 bits per heavy atom. The first kappa shape index (κ1) is 53.9. The Kier molecular flexibility index (Phi) is 13.7. The van der Waals surface area contributed by atoms with Crippen LogP contribution in [0.15, 0.2) is 364 Å². The SMILES string of the molecule is C(=C\c1ccc2c(c1)C(c1ccccc1)(c1ccccc1)c1cc(N(c3ccccc3)c3ccc(-c4ccccc4)cc3)ccc1-2)/c1ccc2c(c1)C(c1ccccc1)(c1ccccc1)c1cc(N(c3ccccc3)c3ccc(-c4ccccc4)cc3)ccc1-2. The summed E-state index contributed by atoms with van der Waals surface area (Å²) in [6.45, 7) is 0. The van der Waals surface area contributed by atoms with Gasteiger partial charge in [-0.25, -0.2) is 0 Å². The number of fused-ring (bicyclic) bond motifs is 6. The molecule has 0 radical (unpaired) electrons. The van der Waals surface area contributed by atoms with Crippen LogP contribution >= 0.6 is 0 Å². The lowest BCUT2D eigenvalue weighted by Crippen LogP contribution is -2.29. The van der Waals surface area contributed by atoms with Crippen molar-refractivity contribution in [1.82, 2.24) is 0 Å². The predicted molar refractivity (Wildman–Crippen MR) is 377 cm³/mol. The van der Waals surface area contributed by atoms with Gasteiger partial charge in [0.2, 0.25) is 0 Å². The second-order valence-corrected chi connectivity index (χ2v) is 23.5. The molecule has 0 fully saturated rings. The van der Waals surface area contributed by atoms with Gasteiger partial charge in [-0.1, -0.05) is 291 Å². The van der Waals surface area contributed by atoms with Gasteiger partial charge in [0.15, 0.2) is 0 Å². The van der Waals surface area contributed by atoms with Crippen molar-refractivity contribution in [2.45, 2.75) is 10.8 Å². The van der Waals surface area contributed by atoms with Gasteiger partial charge in [-0.2, -0.15) is 0 Å². The fourth-order valence-electron chi connectivity index (χ4n) is 14.6. The number of hydrogen-bond acceptors (Lipinski definition) is 2. The Hall–Kier alpha value is -11.6. The van der Waals surface area contributed by atoms with E-state index in [2.05, 4.69) is 386 Å². The molecular weight excluding hydrogens is 1080 g/mol. The number of rotatable bonds is 14. The third-order valence-corrected chi connectivity index (χ3v) is 18.6. The molecule has 2 aliphatic rings. The lowest BCUT2D eigenvalue weighted by molar-refractivity contribution is 0.768. The largest absolute Gasteiger partial charge is 0.310 e. The van der Waals surface area contributed by atoms with Crippen LogP contribution in [0.4, 0.5) is 34.1 Å². The second kappa shape index (κ2) is 22.9. The molecule has 2 nitrogen and oxygen atoms in total. The van der Waals surface area contributed by atoms with Crippen molar-refractivity contribution in [3.63, 3.8) is 0 Å². The Morgan fingerprint density at radius 3 is 0.733 bits per heavy atom. The highest BCUT2D eigenvalue weighted by Crippen LogP contribution is 2.60. The molecule has 0 amide bonds. The number of anilines is 6. The normalized spacial score (nSPS) is 13.0. The van der Waals surface area contributed by atoms with Crippen molar-refractivity contribution in [3.8, 4) is 44.5 Å². The van der Waals surface area contributed by atoms with E-state index >= 15 is 0 Å². The summed E-state index contributed by atoms with van der Waals surface area (Å²) in [7, 11) is 0. The summed E-state index contributed by atoms with van der Waals surface area (Å²) in [5.74, 6) is 0. The first-order valence-corrected chi connectivity index (χ1v) is 31.1. The predicted octanol–water partition coefficient (Wildman–Crippen LogP) is 22.9. The average Bonchev–Trinajstić information content (AvgIpc) is 1.55. The molecule has 0 spiro atoms. The lowest BCUT2D eigenvalue weighted by atomic mass is 9.67. The molecule has 14 aromatic rings. The van der Waals surface area contributed by atoms with Crippen molar-refractivity contribution < 1.29 is 0 Å². The molecule has 0 atom stereocenters. The van der Waals surface area contributed by atoms with Crippen LogP contribution in [-0.4, -0.2) is 0 Å². The highest BCUT2D eigenvalue weighted by Gasteiger charge is 2.48. The number of nitrogens with zero attached hydrogens (tertiary/aromatic N) is 2. The van der Waals surface area contributed by atoms with E-state index < -0.39 is 10.8 Å². The molecule has 0 aliphatic heterocycles. The first-order valence-electron chi connectivity index (χ1n) is 31.1. The van der Waals surface area contributed by atoms with Crippen LogP contribution in [0.5, 0.6) is 0 Å². The molecule has 0 N–H and O–H groups in total. The molecule has 424 valence electrons. The minimum Gasteiger partial charge on any atom is -0.310 e. The molecule has 0 heterocycles. The highest BCUT2D eigenvalue weighted by molar-refractivity contribution is 5.93. The second-order valence-electron chi connectivity index (χ2n) is 23.5. The van der Waals surface area contributed by atoms with E-state index in [9.17, 15) is 0 Å². The van der Waals surface area contributed by atoms with Crippen molar-refractivity contribution in [2.24, 2.45) is 0 Å². The van der Waals surface area contributed by atoms with Crippen LogP contribution in [0.2, 0.25) is 0 Å². The smallest absolute Gasteiger partial charge is 0.0714 e. The highest BCUT2D eigenvalue weighted by atomic mass is 15.1. The third kappa shape index (κ3) is 9.20. The third-order valence-electron chi connectivity index (χ3n) is 18.6. The maximum absolute atomic E-state index is 2.46. The van der Waals surface area contributed by atoms with Gasteiger partial charge in [0.25, 0.3) is 0 Å². The van der Waals surface area contributed by atoms with Crippen LogP contribution in [-0.2, 0) is 10.8 Å². The zero-order valence-corrected chi connectivity index (χ0v) is 49.7. The monoisotopic (exact) mass is 1150 g/mol. The molecule has 0 unspecified atom stereocenters. The average molecular weight is 1150 g/mol. The van der Waals surface area contributed by atoms with Gasteiger partial charge in [0.1, 0.15) is 0 Å². The number of para-hydroxylation sites is 2. The molecule has 16 rings (SSSR count). The summed E-state index contributed by atoms with van der Waals surface area (Å²) < 4.78 is 0. The number of benzene rings is 14. The summed E-state index contributed by atoms with van der Waals surface area (Å²) in [5.41, 5.74) is 27.2. The van der Waals surface area contributed by atoms with Gasteiger partial charge in [0, 0.05) is 34.1 Å². The van der Waals surface area contributed by atoms with E-state index in [1.807, 2.05) is 0 Å². The van der Waals surface area contributed by atoms with Crippen LogP contribution in [0.3, 0.4) is 0 Å². The van der Waals surface area contributed by atoms with Crippen LogP contribution in [0.1, 0.15) is 55.6 Å². The van der Waals surface area contributed by atoms with Gasteiger partial charge >= 0.3 is 0 Å². The molecule has 0 saturated carbocycles. The Labute approximate surface area is 527 Å². The molecule has 2 heteroatoms. The summed E-state index contributed by atoms with van der Waals surface area (Å²) in [6, 6.07) is 134. The topological polar surface area (TPSA) is 6.48 Å². The van der Waals surface area contributed by atoms with Gasteiger partial charge in [-0.15, -0.1) is 0 Å². The Balaban J connectivity index is 0.821. The van der Waals surface area contributed by atoms with Crippen molar-refractivity contribution in [3.05, 3.63) is 420 Å². The zero-order valence-electron chi connectivity index (χ0n) is 49.7. The standard InChI is InChI=1S/C88H62N2/c1-9-25-65(26-10-1)67-45-49-75(50-46-67)89(73-37-21-7-22-38-73)77-53-57-81-79-55-43-63(59-83(79)87(85(81)61-77,69-29-13-3-14-30-69)70-31-15-4-16-32-70)41-42-64-44-56-80-82-58-54-78(62-86(82)88(84(80)60-64,71-33-17-5-18-34-71)72-35-19-6-20-36-72)90(74-39-23-8-24-40-74)76-51-47-68(48-52-76)66-27-11-2-12-28-66/h1-62H/b42-41+. The zero-order chi connectivity index (χ0) is 59.9. The summed E-state index contributed by atoms with van der Waals surface area (Å²) in [5, 5.41) is 0. The fraction of sp³-hybridized carbons (Fsp3) is 0.0227. The Morgan fingerprint density at radius 2 is 0.422 bits per heavy atom. The lowest BCUT2D eigenvalue weighted by Gasteiger charge is -2.35. The maximum Gasteiger partial charge on any atom is 0.0714 e. The minimum absolute atomic E-state index is 0.641. The quantitative estimate of drug-likeness (QED) is 0.100. The molecular formula is C88H62N2. The fourth-order valence-corrected chi connectivity index (χ4v) is 14.6. The van der Waals surface area contributed by atoms with Gasteiger partial charge in [0.05, 0.1) is 10.8 Å². The van der Waals surface area contributed by atoms with E-state index in [1.54, 1.807) is 0 Å². The van der Waals surface area contributed by atoms with Crippen LogP contribution in [0.25, 0.3) is 56.7 Å². The summed E-state index contributed by atoms with van der Waals surface area (Å²) in [6.07, 6.45) is 4.64. The van der Waals surface area contributed by atoms with E-state index in [1.165, 1.54) is 89.0 Å². The minimum atomic E-state index is -0.641. The van der Waals surface area contributed by atoms with Crippen LogP contribution in [0, 0.1) is 0 Å². The molecule has 0 saturated heterocycles. The van der Waals surface area contributed by atoms with E-state index in [-0.39, 0.29) is 0 Å². The van der Waals surface area contributed by atoms with Crippen molar-refractivity contribution in [1.29, 1.82) is 0 Å².